The summed E-state index contributed by atoms with van der Waals surface area (Å²) in [6.45, 7) is 8.81. The van der Waals surface area contributed by atoms with E-state index in [0.29, 0.717) is 5.41 Å². The molecular formula is C18H25NO. The van der Waals surface area contributed by atoms with Gasteiger partial charge in [0.15, 0.2) is 0 Å². The molecule has 0 bridgehead atoms. The number of methoxy groups -OCH3 is 1. The third kappa shape index (κ3) is 3.73. The lowest BCUT2D eigenvalue weighted by Crippen LogP contribution is -2.28. The number of fused-ring (bicyclic) bond motifs is 1. The number of ether oxygens (including phenoxy) is 1. The molecule has 0 saturated carbocycles. The molecule has 0 fully saturated rings. The summed E-state index contributed by atoms with van der Waals surface area (Å²) in [4.78, 5) is 0. The predicted molar refractivity (Wildman–Crippen MR) is 86.3 cm³/mol. The van der Waals surface area contributed by atoms with E-state index in [4.69, 9.17) is 4.74 Å². The average molecular weight is 271 g/mol. The van der Waals surface area contributed by atoms with Gasteiger partial charge in [-0.3, -0.25) is 0 Å². The normalized spacial score (nSPS) is 11.8. The van der Waals surface area contributed by atoms with Crippen LogP contribution in [-0.4, -0.2) is 13.7 Å². The Bertz CT molecular complexity index is 575. The topological polar surface area (TPSA) is 21.3 Å². The molecule has 20 heavy (non-hydrogen) atoms. The van der Waals surface area contributed by atoms with Gasteiger partial charge in [-0.05, 0) is 46.4 Å². The van der Waals surface area contributed by atoms with Crippen molar-refractivity contribution in [2.45, 2.75) is 33.7 Å². The Balaban J connectivity index is 2.05. The largest absolute Gasteiger partial charge is 0.497 e. The summed E-state index contributed by atoms with van der Waals surface area (Å²) in [6.07, 6.45) is 1.19. The molecule has 0 spiro atoms. The van der Waals surface area contributed by atoms with Crippen molar-refractivity contribution < 1.29 is 4.74 Å². The second-order valence-corrected chi connectivity index (χ2v) is 6.17. The maximum Gasteiger partial charge on any atom is 0.119 e. The lowest BCUT2D eigenvalue weighted by atomic mass is 9.90. The molecule has 2 aromatic rings. The first-order chi connectivity index (χ1) is 9.54. The lowest BCUT2D eigenvalue weighted by molar-refractivity contribution is 0.328. The quantitative estimate of drug-likeness (QED) is 0.842. The summed E-state index contributed by atoms with van der Waals surface area (Å²) in [7, 11) is 1.70. The van der Waals surface area contributed by atoms with E-state index in [-0.39, 0.29) is 0 Å². The van der Waals surface area contributed by atoms with Gasteiger partial charge in [-0.1, -0.05) is 39.0 Å². The predicted octanol–water partition coefficient (Wildman–Crippen LogP) is 4.37. The molecule has 2 rings (SSSR count). The number of benzene rings is 2. The molecule has 108 valence electrons. The molecule has 0 aliphatic carbocycles. The van der Waals surface area contributed by atoms with Crippen molar-refractivity contribution in [2.24, 2.45) is 5.41 Å². The van der Waals surface area contributed by atoms with Crippen LogP contribution in [0.2, 0.25) is 0 Å². The zero-order valence-corrected chi connectivity index (χ0v) is 13.0. The Morgan fingerprint density at radius 1 is 1.05 bits per heavy atom. The van der Waals surface area contributed by atoms with Gasteiger partial charge in [0.2, 0.25) is 0 Å². The van der Waals surface area contributed by atoms with E-state index in [1.54, 1.807) is 7.11 Å². The highest BCUT2D eigenvalue weighted by Gasteiger charge is 2.13. The second-order valence-electron chi connectivity index (χ2n) is 6.17. The summed E-state index contributed by atoms with van der Waals surface area (Å²) >= 11 is 0. The Kier molecular flexibility index (Phi) is 4.66. The number of hydrogen-bond acceptors (Lipinski definition) is 2. The van der Waals surface area contributed by atoms with Gasteiger partial charge in [-0.15, -0.1) is 0 Å². The van der Waals surface area contributed by atoms with Crippen LogP contribution < -0.4 is 10.1 Å². The maximum absolute atomic E-state index is 5.25. The minimum atomic E-state index is 0.365. The zero-order chi connectivity index (χ0) is 14.6. The number of nitrogens with one attached hydrogen (secondary N) is 1. The van der Waals surface area contributed by atoms with Crippen LogP contribution in [0.15, 0.2) is 36.4 Å². The maximum atomic E-state index is 5.25. The van der Waals surface area contributed by atoms with Crippen molar-refractivity contribution in [1.82, 2.24) is 5.32 Å². The highest BCUT2D eigenvalue weighted by atomic mass is 16.5. The minimum absolute atomic E-state index is 0.365. The van der Waals surface area contributed by atoms with Gasteiger partial charge >= 0.3 is 0 Å². The molecule has 0 saturated heterocycles. The minimum Gasteiger partial charge on any atom is -0.497 e. The summed E-state index contributed by atoms with van der Waals surface area (Å²) in [6, 6.07) is 12.8. The highest BCUT2D eigenvalue weighted by Crippen LogP contribution is 2.22. The van der Waals surface area contributed by atoms with E-state index in [1.165, 1.54) is 22.8 Å². The Labute approximate surface area is 122 Å². The van der Waals surface area contributed by atoms with Crippen LogP contribution in [0.4, 0.5) is 0 Å². The first-order valence-corrected chi connectivity index (χ1v) is 7.31. The van der Waals surface area contributed by atoms with Crippen molar-refractivity contribution in [3.63, 3.8) is 0 Å². The van der Waals surface area contributed by atoms with Gasteiger partial charge < -0.3 is 10.1 Å². The number of rotatable bonds is 6. The molecule has 0 aliphatic heterocycles. The van der Waals surface area contributed by atoms with Crippen molar-refractivity contribution in [1.29, 1.82) is 0 Å². The zero-order valence-electron chi connectivity index (χ0n) is 13.0. The average Bonchev–Trinajstić information content (AvgIpc) is 2.46. The van der Waals surface area contributed by atoms with Gasteiger partial charge in [0.1, 0.15) is 5.75 Å². The van der Waals surface area contributed by atoms with Gasteiger partial charge in [0.05, 0.1) is 7.11 Å². The lowest BCUT2D eigenvalue weighted by Gasteiger charge is -2.23. The van der Waals surface area contributed by atoms with Crippen LogP contribution in [0.3, 0.4) is 0 Å². The van der Waals surface area contributed by atoms with Gasteiger partial charge in [0, 0.05) is 13.1 Å². The van der Waals surface area contributed by atoms with Crippen LogP contribution in [0.5, 0.6) is 5.75 Å². The van der Waals surface area contributed by atoms with E-state index >= 15 is 0 Å². The fraction of sp³-hybridized carbons (Fsp3) is 0.444. The Morgan fingerprint density at radius 3 is 2.45 bits per heavy atom. The summed E-state index contributed by atoms with van der Waals surface area (Å²) in [5.41, 5.74) is 1.69. The molecular weight excluding hydrogens is 246 g/mol. The number of hydrogen-bond donors (Lipinski definition) is 1. The highest BCUT2D eigenvalue weighted by molar-refractivity contribution is 5.84. The molecule has 0 atom stereocenters. The standard InChI is InChI=1S/C18H25NO/c1-5-18(2,3)13-19-12-14-6-7-16-11-17(20-4)9-8-15(16)10-14/h6-11,19H,5,12-13H2,1-4H3. The van der Waals surface area contributed by atoms with Gasteiger partial charge in [-0.25, -0.2) is 0 Å². The Hall–Kier alpha value is -1.54. The molecule has 1 N–H and O–H groups in total. The van der Waals surface area contributed by atoms with Gasteiger partial charge in [0.25, 0.3) is 0 Å². The van der Waals surface area contributed by atoms with Gasteiger partial charge in [-0.2, -0.15) is 0 Å². The first-order valence-electron chi connectivity index (χ1n) is 7.31. The smallest absolute Gasteiger partial charge is 0.119 e. The Morgan fingerprint density at radius 2 is 1.75 bits per heavy atom. The van der Waals surface area contributed by atoms with Crippen LogP contribution >= 0.6 is 0 Å². The third-order valence-electron chi connectivity index (χ3n) is 4.00. The van der Waals surface area contributed by atoms with Crippen molar-refractivity contribution in [3.8, 4) is 5.75 Å². The van der Waals surface area contributed by atoms with E-state index < -0.39 is 0 Å². The molecule has 2 heteroatoms. The summed E-state index contributed by atoms with van der Waals surface area (Å²) in [5, 5.41) is 6.04. The molecule has 0 unspecified atom stereocenters. The second kappa shape index (κ2) is 6.27. The van der Waals surface area contributed by atoms with Crippen molar-refractivity contribution >= 4 is 10.8 Å². The van der Waals surface area contributed by atoms with E-state index in [1.807, 2.05) is 6.07 Å². The van der Waals surface area contributed by atoms with E-state index in [2.05, 4.69) is 56.4 Å². The SMILES string of the molecule is CCC(C)(C)CNCc1ccc2cc(OC)ccc2c1. The molecule has 0 radical (unpaired) electrons. The van der Waals surface area contributed by atoms with E-state index in [9.17, 15) is 0 Å². The van der Waals surface area contributed by atoms with Crippen LogP contribution in [0.1, 0.15) is 32.8 Å². The molecule has 0 aromatic heterocycles. The molecule has 0 amide bonds. The van der Waals surface area contributed by atoms with Crippen LogP contribution in [0.25, 0.3) is 10.8 Å². The van der Waals surface area contributed by atoms with Crippen molar-refractivity contribution in [2.75, 3.05) is 13.7 Å². The third-order valence-corrected chi connectivity index (χ3v) is 4.00. The monoisotopic (exact) mass is 271 g/mol. The summed E-state index contributed by atoms with van der Waals surface area (Å²) in [5.74, 6) is 0.910. The van der Waals surface area contributed by atoms with E-state index in [0.717, 1.165) is 18.8 Å². The molecule has 0 heterocycles. The molecule has 0 aliphatic rings. The fourth-order valence-electron chi connectivity index (χ4n) is 2.18. The van der Waals surface area contributed by atoms with Crippen LogP contribution in [0, 0.1) is 5.41 Å². The fourth-order valence-corrected chi connectivity index (χ4v) is 2.18. The first kappa shape index (κ1) is 14.9. The molecule has 2 nitrogen and oxygen atoms in total. The van der Waals surface area contributed by atoms with Crippen molar-refractivity contribution in [3.05, 3.63) is 42.0 Å². The van der Waals surface area contributed by atoms with Crippen LogP contribution in [-0.2, 0) is 6.54 Å². The summed E-state index contributed by atoms with van der Waals surface area (Å²) < 4.78 is 5.25. The molecule has 2 aromatic carbocycles.